The first-order chi connectivity index (χ1) is 13.2. The van der Waals surface area contributed by atoms with Gasteiger partial charge in [0.15, 0.2) is 8.46 Å². The molecule has 28 heavy (non-hydrogen) atoms. The lowest BCUT2D eigenvalue weighted by molar-refractivity contribution is 0.270. The minimum absolute atomic E-state index is 0.0187. The molecule has 0 aromatic heterocycles. The molecule has 0 saturated carbocycles. The standard InChI is InChI=1S/C15H24O.C10H21OP/c1-5-6-7-9-12-10-8-11-13(14(12)16)15(2,3)4;1-4-7-8-10(5-2,6-3)9-12-11/h8,10-11,16H,5-7,9H2,1-4H3;4-9H2,1-3H3. The monoisotopic (exact) mass is 408 g/mol. The summed E-state index contributed by atoms with van der Waals surface area (Å²) in [6.07, 6.45) is 11.6. The minimum Gasteiger partial charge on any atom is -0.507 e. The highest BCUT2D eigenvalue weighted by molar-refractivity contribution is 7.23. The van der Waals surface area contributed by atoms with Gasteiger partial charge in [-0.2, -0.15) is 0 Å². The van der Waals surface area contributed by atoms with E-state index in [1.165, 1.54) is 44.9 Å². The number of unbranched alkanes of at least 4 members (excludes halogenated alkanes) is 3. The predicted molar refractivity (Wildman–Crippen MR) is 125 cm³/mol. The average molecular weight is 409 g/mol. The molecule has 0 aliphatic rings. The molecule has 0 aliphatic heterocycles. The molecule has 0 spiro atoms. The lowest BCUT2D eigenvalue weighted by atomic mass is 9.80. The minimum atomic E-state index is 0.0187. The Kier molecular flexibility index (Phi) is 13.7. The smallest absolute Gasteiger partial charge is 0.155 e. The highest BCUT2D eigenvalue weighted by Crippen LogP contribution is 2.35. The van der Waals surface area contributed by atoms with Crippen LogP contribution in [0.5, 0.6) is 5.75 Å². The Morgan fingerprint density at radius 3 is 2.00 bits per heavy atom. The highest BCUT2D eigenvalue weighted by atomic mass is 31.1. The number of phenols is 1. The predicted octanol–water partition coefficient (Wildman–Crippen LogP) is 8.70. The van der Waals surface area contributed by atoms with Gasteiger partial charge in [0, 0.05) is 6.16 Å². The first-order valence-corrected chi connectivity index (χ1v) is 12.3. The summed E-state index contributed by atoms with van der Waals surface area (Å²) >= 11 is 0. The van der Waals surface area contributed by atoms with Crippen LogP contribution >= 0.6 is 8.46 Å². The molecule has 0 unspecified atom stereocenters. The topological polar surface area (TPSA) is 37.3 Å². The first-order valence-electron chi connectivity index (χ1n) is 11.3. The van der Waals surface area contributed by atoms with Crippen LogP contribution in [0.3, 0.4) is 0 Å². The van der Waals surface area contributed by atoms with E-state index in [1.54, 1.807) is 0 Å². The van der Waals surface area contributed by atoms with Gasteiger partial charge in [0.2, 0.25) is 0 Å². The summed E-state index contributed by atoms with van der Waals surface area (Å²) in [5.74, 6) is 0.506. The molecule has 1 rings (SSSR count). The number of hydrogen-bond donors (Lipinski definition) is 1. The molecule has 0 bridgehead atoms. The summed E-state index contributed by atoms with van der Waals surface area (Å²) in [6, 6.07) is 6.13. The Morgan fingerprint density at radius 1 is 0.929 bits per heavy atom. The maximum Gasteiger partial charge on any atom is 0.155 e. The SMILES string of the molecule is CCCCC(CC)(CC)CP=O.CCCCCc1cccc(C(C)(C)C)c1O. The van der Waals surface area contributed by atoms with Gasteiger partial charge in [-0.3, -0.25) is 4.57 Å². The molecule has 0 fully saturated rings. The lowest BCUT2D eigenvalue weighted by Crippen LogP contribution is -2.20. The zero-order chi connectivity index (χ0) is 21.6. The normalized spacial score (nSPS) is 12.0. The second-order valence-corrected chi connectivity index (χ2v) is 9.69. The number of benzene rings is 1. The van der Waals surface area contributed by atoms with E-state index in [-0.39, 0.29) is 5.41 Å². The number of para-hydroxylation sites is 1. The van der Waals surface area contributed by atoms with Crippen LogP contribution in [0.2, 0.25) is 0 Å². The number of hydrogen-bond acceptors (Lipinski definition) is 2. The zero-order valence-electron chi connectivity index (χ0n) is 19.6. The Labute approximate surface area is 176 Å². The maximum atomic E-state index is 10.6. The Bertz CT molecular complexity index is 542. The molecule has 0 amide bonds. The van der Waals surface area contributed by atoms with Crippen LogP contribution in [0.15, 0.2) is 18.2 Å². The third-order valence-corrected chi connectivity index (χ3v) is 6.74. The Balaban J connectivity index is 0.000000546. The van der Waals surface area contributed by atoms with Crippen LogP contribution in [0.1, 0.15) is 111 Å². The van der Waals surface area contributed by atoms with Crippen molar-refractivity contribution in [1.29, 1.82) is 0 Å². The van der Waals surface area contributed by atoms with Gasteiger partial charge in [-0.1, -0.05) is 92.3 Å². The van der Waals surface area contributed by atoms with Gasteiger partial charge in [0.1, 0.15) is 5.75 Å². The van der Waals surface area contributed by atoms with Gasteiger partial charge >= 0.3 is 0 Å². The summed E-state index contributed by atoms with van der Waals surface area (Å²) in [4.78, 5) is 0. The van der Waals surface area contributed by atoms with Crippen molar-refractivity contribution < 1.29 is 9.67 Å². The Hall–Kier alpha value is -0.880. The molecular weight excluding hydrogens is 363 g/mol. The van der Waals surface area contributed by atoms with E-state index in [4.69, 9.17) is 0 Å². The quantitative estimate of drug-likeness (QED) is 0.294. The van der Waals surface area contributed by atoms with Crippen LogP contribution in [0, 0.1) is 5.41 Å². The van der Waals surface area contributed by atoms with Crippen molar-refractivity contribution in [3.8, 4) is 5.75 Å². The molecular formula is C25H45O2P. The van der Waals surface area contributed by atoms with Crippen LogP contribution in [-0.4, -0.2) is 11.3 Å². The van der Waals surface area contributed by atoms with Gasteiger partial charge < -0.3 is 5.11 Å². The second-order valence-electron chi connectivity index (χ2n) is 9.12. The number of aryl methyl sites for hydroxylation is 1. The maximum absolute atomic E-state index is 10.6. The molecule has 1 aromatic rings. The van der Waals surface area contributed by atoms with E-state index in [0.717, 1.165) is 30.1 Å². The van der Waals surface area contributed by atoms with E-state index >= 15 is 0 Å². The summed E-state index contributed by atoms with van der Waals surface area (Å²) in [7, 11) is 0.321. The van der Waals surface area contributed by atoms with Gasteiger partial charge in [-0.05, 0) is 54.1 Å². The van der Waals surface area contributed by atoms with Crippen molar-refractivity contribution in [2.45, 2.75) is 112 Å². The summed E-state index contributed by atoms with van der Waals surface area (Å²) in [6.45, 7) is 15.2. The third kappa shape index (κ3) is 9.55. The van der Waals surface area contributed by atoms with Crippen molar-refractivity contribution in [1.82, 2.24) is 0 Å². The first kappa shape index (κ1) is 27.1. The fourth-order valence-electron chi connectivity index (χ4n) is 3.56. The van der Waals surface area contributed by atoms with Crippen molar-refractivity contribution in [3.63, 3.8) is 0 Å². The van der Waals surface area contributed by atoms with E-state index in [2.05, 4.69) is 54.5 Å². The summed E-state index contributed by atoms with van der Waals surface area (Å²) in [5.41, 5.74) is 2.53. The van der Waals surface area contributed by atoms with Crippen molar-refractivity contribution in [2.75, 3.05) is 6.16 Å². The lowest BCUT2D eigenvalue weighted by Gasteiger charge is -2.28. The van der Waals surface area contributed by atoms with Crippen molar-refractivity contribution in [2.24, 2.45) is 5.41 Å². The molecule has 1 N–H and O–H groups in total. The highest BCUT2D eigenvalue weighted by Gasteiger charge is 2.25. The van der Waals surface area contributed by atoms with Gasteiger partial charge in [-0.15, -0.1) is 0 Å². The van der Waals surface area contributed by atoms with Crippen LogP contribution < -0.4 is 0 Å². The van der Waals surface area contributed by atoms with E-state index in [0.29, 0.717) is 19.6 Å². The second kappa shape index (κ2) is 14.2. The van der Waals surface area contributed by atoms with E-state index in [9.17, 15) is 9.67 Å². The van der Waals surface area contributed by atoms with Crippen molar-refractivity contribution >= 4 is 8.46 Å². The molecule has 1 aromatic carbocycles. The van der Waals surface area contributed by atoms with Crippen LogP contribution in [0.25, 0.3) is 0 Å². The third-order valence-electron chi connectivity index (χ3n) is 5.94. The average Bonchev–Trinajstić information content (AvgIpc) is 2.66. The summed E-state index contributed by atoms with van der Waals surface area (Å²) in [5, 5.41) is 10.2. The number of aromatic hydroxyl groups is 1. The molecule has 2 nitrogen and oxygen atoms in total. The molecule has 3 heteroatoms. The largest absolute Gasteiger partial charge is 0.507 e. The summed E-state index contributed by atoms with van der Waals surface area (Å²) < 4.78 is 10.6. The van der Waals surface area contributed by atoms with E-state index in [1.807, 2.05) is 12.1 Å². The number of phenolic OH excluding ortho intramolecular Hbond substituents is 1. The van der Waals surface area contributed by atoms with Gasteiger partial charge in [0.25, 0.3) is 0 Å². The fraction of sp³-hybridized carbons (Fsp3) is 0.760. The molecule has 0 aliphatic carbocycles. The molecule has 0 heterocycles. The number of rotatable bonds is 11. The molecule has 0 saturated heterocycles. The fourth-order valence-corrected chi connectivity index (χ4v) is 4.44. The molecule has 0 radical (unpaired) electrons. The molecule has 162 valence electrons. The Morgan fingerprint density at radius 2 is 1.54 bits per heavy atom. The molecule has 0 atom stereocenters. The zero-order valence-corrected chi connectivity index (χ0v) is 20.5. The van der Waals surface area contributed by atoms with Crippen LogP contribution in [0.4, 0.5) is 0 Å². The van der Waals surface area contributed by atoms with Gasteiger partial charge in [-0.25, -0.2) is 0 Å². The van der Waals surface area contributed by atoms with Crippen LogP contribution in [-0.2, 0) is 16.4 Å². The van der Waals surface area contributed by atoms with E-state index < -0.39 is 0 Å². The van der Waals surface area contributed by atoms with Gasteiger partial charge in [0.05, 0.1) is 0 Å². The van der Waals surface area contributed by atoms with Crippen molar-refractivity contribution in [3.05, 3.63) is 29.3 Å².